The summed E-state index contributed by atoms with van der Waals surface area (Å²) in [6, 6.07) is 0. The average Bonchev–Trinajstić information content (AvgIpc) is 1.88. The van der Waals surface area contributed by atoms with E-state index in [0.717, 1.165) is 0 Å². The lowest BCUT2D eigenvalue weighted by molar-refractivity contribution is -0.120. The van der Waals surface area contributed by atoms with E-state index in [1.54, 1.807) is 7.05 Å². The Bertz CT molecular complexity index is 105. The number of carbonyl (C=O) groups is 1. The summed E-state index contributed by atoms with van der Waals surface area (Å²) in [7, 11) is 1.66. The molecule has 0 aliphatic carbocycles. The molecule has 0 amide bonds. The van der Waals surface area contributed by atoms with Crippen molar-refractivity contribution in [2.24, 2.45) is 0 Å². The van der Waals surface area contributed by atoms with Gasteiger partial charge in [0.2, 0.25) is 0 Å². The first-order valence-electron chi connectivity index (χ1n) is 3.16. The van der Waals surface area contributed by atoms with Gasteiger partial charge in [-0.1, -0.05) is 0 Å². The van der Waals surface area contributed by atoms with Gasteiger partial charge >= 0.3 is 0 Å². The molecule has 0 bridgehead atoms. The Balaban J connectivity index is 3.37. The van der Waals surface area contributed by atoms with E-state index in [2.05, 4.69) is 5.32 Å². The lowest BCUT2D eigenvalue weighted by Gasteiger charge is -2.04. The van der Waals surface area contributed by atoms with Gasteiger partial charge in [-0.3, -0.25) is 4.79 Å². The summed E-state index contributed by atoms with van der Waals surface area (Å²) in [6.07, 6.45) is -0.877. The number of hydrogen-bond acceptors (Lipinski definition) is 4. The molecular formula is C6H13NO3. The summed E-state index contributed by atoms with van der Waals surface area (Å²) in [5, 5.41) is 19.7. The van der Waals surface area contributed by atoms with E-state index < -0.39 is 6.10 Å². The molecule has 0 unspecified atom stereocenters. The second-order valence-electron chi connectivity index (χ2n) is 2.11. The Hall–Kier alpha value is -0.450. The first-order chi connectivity index (χ1) is 4.70. The summed E-state index contributed by atoms with van der Waals surface area (Å²) < 4.78 is 0. The predicted molar refractivity (Wildman–Crippen MR) is 36.6 cm³/mol. The molecule has 0 heterocycles. The van der Waals surface area contributed by atoms with E-state index in [1.807, 2.05) is 0 Å². The number of aliphatic hydroxyl groups excluding tert-OH is 2. The van der Waals surface area contributed by atoms with E-state index in [0.29, 0.717) is 0 Å². The van der Waals surface area contributed by atoms with Gasteiger partial charge in [-0.05, 0) is 7.05 Å². The summed E-state index contributed by atoms with van der Waals surface area (Å²) in [5.41, 5.74) is 0. The second kappa shape index (κ2) is 5.34. The van der Waals surface area contributed by atoms with Crippen LogP contribution in [0.25, 0.3) is 0 Å². The lowest BCUT2D eigenvalue weighted by Crippen LogP contribution is -2.24. The van der Waals surface area contributed by atoms with Crippen LogP contribution in [0, 0.1) is 0 Å². The SMILES string of the molecule is CNCC(=O)C[C@H](O)CO. The third-order valence-electron chi connectivity index (χ3n) is 1.05. The molecule has 0 aliphatic heterocycles. The molecule has 3 N–H and O–H groups in total. The van der Waals surface area contributed by atoms with E-state index in [4.69, 9.17) is 10.2 Å². The fraction of sp³-hybridized carbons (Fsp3) is 0.833. The van der Waals surface area contributed by atoms with Crippen LogP contribution >= 0.6 is 0 Å². The van der Waals surface area contributed by atoms with Crippen molar-refractivity contribution in [1.29, 1.82) is 0 Å². The van der Waals surface area contributed by atoms with E-state index in [1.165, 1.54) is 0 Å². The smallest absolute Gasteiger partial charge is 0.149 e. The largest absolute Gasteiger partial charge is 0.394 e. The summed E-state index contributed by atoms with van der Waals surface area (Å²) in [5.74, 6) is -0.0935. The third kappa shape index (κ3) is 4.43. The minimum absolute atomic E-state index is 0.0251. The van der Waals surface area contributed by atoms with Crippen molar-refractivity contribution in [1.82, 2.24) is 5.32 Å². The molecule has 0 radical (unpaired) electrons. The van der Waals surface area contributed by atoms with Crippen LogP contribution in [0.2, 0.25) is 0 Å². The number of hydrogen-bond donors (Lipinski definition) is 3. The normalized spacial score (nSPS) is 13.1. The molecule has 1 atom stereocenters. The van der Waals surface area contributed by atoms with Crippen LogP contribution in [0.15, 0.2) is 0 Å². The molecule has 4 nitrogen and oxygen atoms in total. The van der Waals surface area contributed by atoms with Crippen molar-refractivity contribution in [3.8, 4) is 0 Å². The van der Waals surface area contributed by atoms with E-state index >= 15 is 0 Å². The molecule has 0 saturated carbocycles. The Morgan fingerprint density at radius 3 is 2.70 bits per heavy atom. The van der Waals surface area contributed by atoms with Crippen LogP contribution in [0.5, 0.6) is 0 Å². The van der Waals surface area contributed by atoms with Crippen LogP contribution < -0.4 is 5.32 Å². The van der Waals surface area contributed by atoms with Gasteiger partial charge in [0.15, 0.2) is 0 Å². The van der Waals surface area contributed by atoms with Crippen molar-refractivity contribution >= 4 is 5.78 Å². The molecule has 0 rings (SSSR count). The van der Waals surface area contributed by atoms with Crippen LogP contribution in [-0.2, 0) is 4.79 Å². The minimum atomic E-state index is -0.902. The van der Waals surface area contributed by atoms with Gasteiger partial charge in [0, 0.05) is 6.42 Å². The van der Waals surface area contributed by atoms with E-state index in [9.17, 15) is 4.79 Å². The van der Waals surface area contributed by atoms with E-state index in [-0.39, 0.29) is 25.4 Å². The quantitative estimate of drug-likeness (QED) is 0.443. The van der Waals surface area contributed by atoms with Gasteiger partial charge in [-0.15, -0.1) is 0 Å². The van der Waals surface area contributed by atoms with Crippen LogP contribution in [0.4, 0.5) is 0 Å². The highest BCUT2D eigenvalue weighted by atomic mass is 16.3. The van der Waals surface area contributed by atoms with Gasteiger partial charge in [0.05, 0.1) is 19.3 Å². The maximum atomic E-state index is 10.7. The van der Waals surface area contributed by atoms with Crippen molar-refractivity contribution in [2.75, 3.05) is 20.2 Å². The maximum Gasteiger partial charge on any atom is 0.149 e. The minimum Gasteiger partial charge on any atom is -0.394 e. The third-order valence-corrected chi connectivity index (χ3v) is 1.05. The number of likely N-dealkylation sites (N-methyl/N-ethyl adjacent to an activating group) is 1. The van der Waals surface area contributed by atoms with Gasteiger partial charge < -0.3 is 15.5 Å². The monoisotopic (exact) mass is 147 g/mol. The Morgan fingerprint density at radius 2 is 2.30 bits per heavy atom. The van der Waals surface area contributed by atoms with Crippen LogP contribution in [0.3, 0.4) is 0 Å². The molecule has 0 aromatic carbocycles. The number of carbonyl (C=O) groups excluding carboxylic acids is 1. The van der Waals surface area contributed by atoms with Crippen molar-refractivity contribution in [2.45, 2.75) is 12.5 Å². The highest BCUT2D eigenvalue weighted by Crippen LogP contribution is 1.89. The summed E-state index contributed by atoms with van der Waals surface area (Å²) in [4.78, 5) is 10.7. The highest BCUT2D eigenvalue weighted by Gasteiger charge is 2.07. The second-order valence-corrected chi connectivity index (χ2v) is 2.11. The van der Waals surface area contributed by atoms with Crippen molar-refractivity contribution < 1.29 is 15.0 Å². The molecule has 0 aliphatic rings. The molecule has 10 heavy (non-hydrogen) atoms. The summed E-state index contributed by atoms with van der Waals surface area (Å²) >= 11 is 0. The molecule has 0 saturated heterocycles. The number of ketones is 1. The number of Topliss-reactive ketones (excluding diaryl/α,β-unsaturated/α-hetero) is 1. The number of rotatable bonds is 5. The Labute approximate surface area is 59.9 Å². The molecule has 0 spiro atoms. The molecule has 4 heteroatoms. The molecule has 0 fully saturated rings. The van der Waals surface area contributed by atoms with Crippen LogP contribution in [0.1, 0.15) is 6.42 Å². The van der Waals surface area contributed by atoms with Crippen molar-refractivity contribution in [3.63, 3.8) is 0 Å². The van der Waals surface area contributed by atoms with Crippen molar-refractivity contribution in [3.05, 3.63) is 0 Å². The average molecular weight is 147 g/mol. The van der Waals surface area contributed by atoms with Gasteiger partial charge in [-0.25, -0.2) is 0 Å². The van der Waals surface area contributed by atoms with Gasteiger partial charge in [0.25, 0.3) is 0 Å². The molecule has 0 aromatic rings. The highest BCUT2D eigenvalue weighted by molar-refractivity contribution is 5.80. The first-order valence-corrected chi connectivity index (χ1v) is 3.16. The zero-order valence-corrected chi connectivity index (χ0v) is 6.00. The predicted octanol–water partition coefficient (Wildman–Crippen LogP) is -1.48. The standard InChI is InChI=1S/C6H13NO3/c1-7-3-5(9)2-6(10)4-8/h6-8,10H,2-4H2,1H3/t6-/m0/s1. The first kappa shape index (κ1) is 9.55. The fourth-order valence-electron chi connectivity index (χ4n) is 0.597. The Kier molecular flexibility index (Phi) is 5.10. The molecular weight excluding hydrogens is 134 g/mol. The number of aliphatic hydroxyl groups is 2. The van der Waals surface area contributed by atoms with Gasteiger partial charge in [-0.2, -0.15) is 0 Å². The molecule has 0 aromatic heterocycles. The van der Waals surface area contributed by atoms with Gasteiger partial charge in [0.1, 0.15) is 5.78 Å². The van der Waals surface area contributed by atoms with Crippen LogP contribution in [-0.4, -0.2) is 42.3 Å². The maximum absolute atomic E-state index is 10.7. The summed E-state index contributed by atoms with van der Waals surface area (Å²) in [6.45, 7) is -0.105. The fourth-order valence-corrected chi connectivity index (χ4v) is 0.597. The zero-order valence-electron chi connectivity index (χ0n) is 6.00. The lowest BCUT2D eigenvalue weighted by atomic mass is 10.2. The number of nitrogens with one attached hydrogen (secondary N) is 1. The zero-order chi connectivity index (χ0) is 7.98. The Morgan fingerprint density at radius 1 is 1.70 bits per heavy atom. The topological polar surface area (TPSA) is 69.6 Å². The molecule has 60 valence electrons.